The summed E-state index contributed by atoms with van der Waals surface area (Å²) in [5.41, 5.74) is 2.43. The lowest BCUT2D eigenvalue weighted by Crippen LogP contribution is -2.43. The molecular formula is C15H16FN3. The van der Waals surface area contributed by atoms with Crippen LogP contribution >= 0.6 is 0 Å². The zero-order chi connectivity index (χ0) is 13.1. The summed E-state index contributed by atoms with van der Waals surface area (Å²) >= 11 is 0. The maximum Gasteiger partial charge on any atom is 0.151 e. The predicted molar refractivity (Wildman–Crippen MR) is 74.7 cm³/mol. The molecule has 1 aliphatic rings. The van der Waals surface area contributed by atoms with Gasteiger partial charge in [-0.25, -0.2) is 4.39 Å². The monoisotopic (exact) mass is 257 g/mol. The number of nitrogens with zero attached hydrogens (tertiary/aromatic N) is 2. The topological polar surface area (TPSA) is 28.2 Å². The van der Waals surface area contributed by atoms with Crippen LogP contribution in [-0.4, -0.2) is 31.2 Å². The molecule has 19 heavy (non-hydrogen) atoms. The summed E-state index contributed by atoms with van der Waals surface area (Å²) < 4.78 is 14.2. The fraction of sp³-hybridized carbons (Fsp3) is 0.267. The summed E-state index contributed by atoms with van der Waals surface area (Å²) in [4.78, 5) is 6.20. The van der Waals surface area contributed by atoms with E-state index < -0.39 is 0 Å². The maximum absolute atomic E-state index is 14.2. The second-order valence-electron chi connectivity index (χ2n) is 4.62. The molecule has 0 bridgehead atoms. The number of hydrogen-bond acceptors (Lipinski definition) is 3. The number of hydrogen-bond donors (Lipinski definition) is 1. The Kier molecular flexibility index (Phi) is 3.42. The van der Waals surface area contributed by atoms with Gasteiger partial charge in [-0.3, -0.25) is 4.98 Å². The van der Waals surface area contributed by atoms with Crippen molar-refractivity contribution in [2.24, 2.45) is 0 Å². The molecule has 3 rings (SSSR count). The number of aromatic nitrogens is 1. The van der Waals surface area contributed by atoms with Gasteiger partial charge in [0.25, 0.3) is 0 Å². The van der Waals surface area contributed by atoms with Crippen molar-refractivity contribution in [3.05, 3.63) is 48.5 Å². The van der Waals surface area contributed by atoms with Gasteiger partial charge in [0.05, 0.1) is 18.1 Å². The molecule has 0 atom stereocenters. The minimum absolute atomic E-state index is 0.262. The standard InChI is InChI=1S/C15H16FN3/c16-13-10-18-11-14(19-8-6-17-7-9-19)15(13)12-4-2-1-3-5-12/h1-5,10-11,17H,6-9H2. The van der Waals surface area contributed by atoms with Crippen LogP contribution in [0.2, 0.25) is 0 Å². The first-order valence-electron chi connectivity index (χ1n) is 6.51. The van der Waals surface area contributed by atoms with Gasteiger partial charge in [0.1, 0.15) is 0 Å². The Bertz CT molecular complexity index is 551. The van der Waals surface area contributed by atoms with E-state index in [9.17, 15) is 4.39 Å². The quantitative estimate of drug-likeness (QED) is 0.894. The minimum Gasteiger partial charge on any atom is -0.367 e. The molecule has 3 nitrogen and oxygen atoms in total. The Morgan fingerprint density at radius 3 is 2.53 bits per heavy atom. The number of rotatable bonds is 2. The summed E-state index contributed by atoms with van der Waals surface area (Å²) in [6, 6.07) is 9.66. The van der Waals surface area contributed by atoms with E-state index in [0.29, 0.717) is 5.56 Å². The average Bonchev–Trinajstić information content (AvgIpc) is 2.49. The van der Waals surface area contributed by atoms with E-state index in [1.807, 2.05) is 30.3 Å². The van der Waals surface area contributed by atoms with Crippen LogP contribution in [0.25, 0.3) is 11.1 Å². The van der Waals surface area contributed by atoms with Gasteiger partial charge in [-0.05, 0) is 5.56 Å². The molecule has 1 aromatic heterocycles. The lowest BCUT2D eigenvalue weighted by atomic mass is 10.0. The van der Waals surface area contributed by atoms with Crippen LogP contribution < -0.4 is 10.2 Å². The molecule has 2 heterocycles. The Morgan fingerprint density at radius 2 is 1.79 bits per heavy atom. The van der Waals surface area contributed by atoms with Crippen molar-refractivity contribution in [2.75, 3.05) is 31.1 Å². The van der Waals surface area contributed by atoms with Gasteiger partial charge in [-0.15, -0.1) is 0 Å². The molecule has 1 aliphatic heterocycles. The Hall–Kier alpha value is -1.94. The minimum atomic E-state index is -0.262. The van der Waals surface area contributed by atoms with Crippen LogP contribution in [0.3, 0.4) is 0 Å². The van der Waals surface area contributed by atoms with E-state index in [2.05, 4.69) is 15.2 Å². The highest BCUT2D eigenvalue weighted by Gasteiger charge is 2.18. The van der Waals surface area contributed by atoms with Crippen LogP contribution in [0, 0.1) is 5.82 Å². The number of benzene rings is 1. The summed E-state index contributed by atoms with van der Waals surface area (Å²) in [6.07, 6.45) is 3.05. The first-order chi connectivity index (χ1) is 9.36. The molecule has 1 saturated heterocycles. The van der Waals surface area contributed by atoms with Crippen molar-refractivity contribution in [3.8, 4) is 11.1 Å². The largest absolute Gasteiger partial charge is 0.367 e. The molecule has 4 heteroatoms. The molecule has 1 fully saturated rings. The van der Waals surface area contributed by atoms with E-state index in [1.54, 1.807) is 6.20 Å². The molecule has 98 valence electrons. The third-order valence-corrected chi connectivity index (χ3v) is 3.40. The van der Waals surface area contributed by atoms with Gasteiger partial charge in [0.2, 0.25) is 0 Å². The fourth-order valence-electron chi connectivity index (χ4n) is 2.46. The molecule has 0 aliphatic carbocycles. The first kappa shape index (κ1) is 12.1. The molecule has 0 saturated carbocycles. The smallest absolute Gasteiger partial charge is 0.151 e. The van der Waals surface area contributed by atoms with Crippen LogP contribution in [-0.2, 0) is 0 Å². The van der Waals surface area contributed by atoms with E-state index in [-0.39, 0.29) is 5.82 Å². The molecule has 1 aromatic carbocycles. The Labute approximate surface area is 112 Å². The summed E-state index contributed by atoms with van der Waals surface area (Å²) in [7, 11) is 0. The van der Waals surface area contributed by atoms with Crippen molar-refractivity contribution in [1.29, 1.82) is 0 Å². The zero-order valence-corrected chi connectivity index (χ0v) is 10.6. The summed E-state index contributed by atoms with van der Waals surface area (Å²) in [5, 5.41) is 3.30. The number of halogens is 1. The van der Waals surface area contributed by atoms with Crippen molar-refractivity contribution in [3.63, 3.8) is 0 Å². The molecule has 1 N–H and O–H groups in total. The van der Waals surface area contributed by atoms with E-state index in [0.717, 1.165) is 37.4 Å². The molecule has 0 radical (unpaired) electrons. The highest BCUT2D eigenvalue weighted by molar-refractivity contribution is 5.78. The number of nitrogens with one attached hydrogen (secondary N) is 1. The van der Waals surface area contributed by atoms with E-state index >= 15 is 0 Å². The third kappa shape index (κ3) is 2.44. The van der Waals surface area contributed by atoms with Crippen LogP contribution in [0.15, 0.2) is 42.7 Å². The highest BCUT2D eigenvalue weighted by atomic mass is 19.1. The highest BCUT2D eigenvalue weighted by Crippen LogP contribution is 2.32. The fourth-order valence-corrected chi connectivity index (χ4v) is 2.46. The Morgan fingerprint density at radius 1 is 1.05 bits per heavy atom. The van der Waals surface area contributed by atoms with Crippen molar-refractivity contribution in [1.82, 2.24) is 10.3 Å². The molecule has 0 unspecified atom stereocenters. The third-order valence-electron chi connectivity index (χ3n) is 3.40. The van der Waals surface area contributed by atoms with Crippen LogP contribution in [0.1, 0.15) is 0 Å². The summed E-state index contributed by atoms with van der Waals surface area (Å²) in [6.45, 7) is 3.60. The van der Waals surface area contributed by atoms with Crippen molar-refractivity contribution >= 4 is 5.69 Å². The maximum atomic E-state index is 14.2. The lowest BCUT2D eigenvalue weighted by molar-refractivity contribution is 0.584. The van der Waals surface area contributed by atoms with Crippen molar-refractivity contribution < 1.29 is 4.39 Å². The second kappa shape index (κ2) is 5.36. The van der Waals surface area contributed by atoms with Crippen molar-refractivity contribution in [2.45, 2.75) is 0 Å². The van der Waals surface area contributed by atoms with E-state index in [1.165, 1.54) is 6.20 Å². The summed E-state index contributed by atoms with van der Waals surface area (Å²) in [5.74, 6) is -0.262. The first-order valence-corrected chi connectivity index (χ1v) is 6.51. The SMILES string of the molecule is Fc1cncc(N2CCNCC2)c1-c1ccccc1. The molecule has 0 amide bonds. The van der Waals surface area contributed by atoms with Gasteiger partial charge in [-0.2, -0.15) is 0 Å². The molecule has 2 aromatic rings. The van der Waals surface area contributed by atoms with Crippen LogP contribution in [0.5, 0.6) is 0 Å². The van der Waals surface area contributed by atoms with Crippen LogP contribution in [0.4, 0.5) is 10.1 Å². The van der Waals surface area contributed by atoms with Gasteiger partial charge in [-0.1, -0.05) is 30.3 Å². The van der Waals surface area contributed by atoms with Gasteiger partial charge >= 0.3 is 0 Å². The normalized spacial score (nSPS) is 15.5. The van der Waals surface area contributed by atoms with Gasteiger partial charge in [0.15, 0.2) is 5.82 Å². The van der Waals surface area contributed by atoms with Gasteiger partial charge in [0, 0.05) is 31.7 Å². The number of anilines is 1. The van der Waals surface area contributed by atoms with Gasteiger partial charge < -0.3 is 10.2 Å². The lowest BCUT2D eigenvalue weighted by Gasteiger charge is -2.31. The van der Waals surface area contributed by atoms with E-state index in [4.69, 9.17) is 0 Å². The zero-order valence-electron chi connectivity index (χ0n) is 10.6. The predicted octanol–water partition coefficient (Wildman–Crippen LogP) is 2.30. The average molecular weight is 257 g/mol. The molecular weight excluding hydrogens is 241 g/mol. The number of pyridine rings is 1. The second-order valence-corrected chi connectivity index (χ2v) is 4.62. The number of piperazine rings is 1. The Balaban J connectivity index is 2.07. The molecule has 0 spiro atoms.